The summed E-state index contributed by atoms with van der Waals surface area (Å²) < 4.78 is 31.5. The number of sulfonamides is 1. The molecule has 4 aromatic rings. The fraction of sp³-hybridized carbons (Fsp3) is 0.208. The predicted octanol–water partition coefficient (Wildman–Crippen LogP) is 4.47. The van der Waals surface area contributed by atoms with Gasteiger partial charge in [0.25, 0.3) is 0 Å². The molecule has 0 spiro atoms. The van der Waals surface area contributed by atoms with Crippen molar-refractivity contribution in [1.82, 2.24) is 9.29 Å². The van der Waals surface area contributed by atoms with Crippen LogP contribution >= 0.6 is 11.3 Å². The maximum atomic E-state index is 13.1. The van der Waals surface area contributed by atoms with E-state index in [4.69, 9.17) is 0 Å². The van der Waals surface area contributed by atoms with Gasteiger partial charge < -0.3 is 0 Å². The molecule has 0 saturated carbocycles. The second-order valence-electron chi connectivity index (χ2n) is 7.83. The molecule has 1 aliphatic carbocycles. The third-order valence-corrected chi connectivity index (χ3v) is 8.21. The van der Waals surface area contributed by atoms with E-state index in [1.54, 1.807) is 22.8 Å². The van der Waals surface area contributed by atoms with E-state index in [1.165, 1.54) is 5.56 Å². The van der Waals surface area contributed by atoms with Gasteiger partial charge in [-0.1, -0.05) is 65.9 Å². The largest absolute Gasteiger partial charge is 0.308 e. The Hall–Kier alpha value is -2.74. The zero-order chi connectivity index (χ0) is 21.4. The number of nitrogens with one attached hydrogen (secondary N) is 1. The highest BCUT2D eigenvalue weighted by Gasteiger charge is 2.26. The van der Waals surface area contributed by atoms with Gasteiger partial charge in [0.15, 0.2) is 0 Å². The van der Waals surface area contributed by atoms with E-state index in [0.717, 1.165) is 47.2 Å². The molecule has 1 atom stereocenters. The van der Waals surface area contributed by atoms with Crippen molar-refractivity contribution < 1.29 is 8.42 Å². The molecule has 7 heteroatoms. The van der Waals surface area contributed by atoms with E-state index in [2.05, 4.69) is 10.8 Å². The Labute approximate surface area is 185 Å². The Kier molecular flexibility index (Phi) is 5.25. The summed E-state index contributed by atoms with van der Waals surface area (Å²) >= 11 is 1.08. The van der Waals surface area contributed by atoms with Crippen molar-refractivity contribution in [3.8, 4) is 0 Å². The van der Waals surface area contributed by atoms with Crippen LogP contribution in [0.2, 0.25) is 0 Å². The number of rotatable bonds is 5. The van der Waals surface area contributed by atoms with E-state index in [-0.39, 0.29) is 15.8 Å². The average Bonchev–Trinajstić information content (AvgIpc) is 3.09. The summed E-state index contributed by atoms with van der Waals surface area (Å²) in [7, 11) is -3.71. The monoisotopic (exact) mass is 450 g/mol. The number of aryl methyl sites for hydroxylation is 1. The first-order valence-electron chi connectivity index (χ1n) is 10.3. The van der Waals surface area contributed by atoms with Crippen LogP contribution in [0.15, 0.2) is 82.5 Å². The van der Waals surface area contributed by atoms with Gasteiger partial charge in [0.1, 0.15) is 0 Å². The number of nitrogens with zero attached hydrogens (tertiary/aromatic N) is 1. The Morgan fingerprint density at radius 3 is 2.61 bits per heavy atom. The van der Waals surface area contributed by atoms with Gasteiger partial charge in [-0.25, -0.2) is 13.1 Å². The summed E-state index contributed by atoms with van der Waals surface area (Å²) in [5.41, 5.74) is 4.03. The van der Waals surface area contributed by atoms with Crippen molar-refractivity contribution in [2.75, 3.05) is 0 Å². The lowest BCUT2D eigenvalue weighted by atomic mass is 9.88. The fourth-order valence-corrected chi connectivity index (χ4v) is 6.54. The molecule has 31 heavy (non-hydrogen) atoms. The van der Waals surface area contributed by atoms with Crippen LogP contribution < -0.4 is 9.60 Å². The lowest BCUT2D eigenvalue weighted by molar-refractivity contribution is 0.507. The number of thiazole rings is 1. The summed E-state index contributed by atoms with van der Waals surface area (Å²) in [4.78, 5) is 12.7. The molecule has 1 N–H and O–H groups in total. The zero-order valence-corrected chi connectivity index (χ0v) is 18.5. The van der Waals surface area contributed by atoms with Crippen molar-refractivity contribution in [2.24, 2.45) is 0 Å². The topological polar surface area (TPSA) is 68.2 Å². The van der Waals surface area contributed by atoms with Crippen LogP contribution in [0.5, 0.6) is 0 Å². The third kappa shape index (κ3) is 3.96. The third-order valence-electron chi connectivity index (χ3n) is 5.80. The zero-order valence-electron chi connectivity index (χ0n) is 16.8. The maximum absolute atomic E-state index is 13.1. The SMILES string of the molecule is O=c1sc2cc(S(=O)(=O)NC3CCCc4ccccc43)ccc2n1Cc1ccccc1. The Morgan fingerprint density at radius 1 is 1.00 bits per heavy atom. The molecule has 5 nitrogen and oxygen atoms in total. The fourth-order valence-electron chi connectivity index (χ4n) is 4.26. The smallest absolute Gasteiger partial charge is 0.294 e. The van der Waals surface area contributed by atoms with Gasteiger partial charge in [0.05, 0.1) is 21.7 Å². The van der Waals surface area contributed by atoms with Crippen LogP contribution in [0.1, 0.15) is 35.6 Å². The standard InChI is InChI=1S/C24H22N2O3S2/c27-24-26(16-17-7-2-1-3-8-17)22-14-13-19(15-23(22)30-24)31(28,29)25-21-12-6-10-18-9-4-5-11-20(18)21/h1-5,7-9,11,13-15,21,25H,6,10,12,16H2. The first kappa shape index (κ1) is 20.2. The van der Waals surface area contributed by atoms with Crippen molar-refractivity contribution in [2.45, 2.75) is 36.7 Å². The van der Waals surface area contributed by atoms with Crippen LogP contribution in [0.4, 0.5) is 0 Å². The van der Waals surface area contributed by atoms with Crippen molar-refractivity contribution >= 4 is 31.6 Å². The molecule has 1 unspecified atom stereocenters. The number of aromatic nitrogens is 1. The average molecular weight is 451 g/mol. The normalized spacial score (nSPS) is 16.3. The van der Waals surface area contributed by atoms with Crippen molar-refractivity contribution in [3.63, 3.8) is 0 Å². The van der Waals surface area contributed by atoms with E-state index in [1.807, 2.05) is 48.5 Å². The lowest BCUT2D eigenvalue weighted by Crippen LogP contribution is -2.31. The molecule has 1 heterocycles. The second kappa shape index (κ2) is 8.07. The summed E-state index contributed by atoms with van der Waals surface area (Å²) in [5, 5.41) is 0. The van der Waals surface area contributed by atoms with E-state index in [9.17, 15) is 13.2 Å². The highest BCUT2D eigenvalue weighted by atomic mass is 32.2. The molecule has 0 amide bonds. The van der Waals surface area contributed by atoms with Gasteiger partial charge in [-0.3, -0.25) is 9.36 Å². The molecule has 0 fully saturated rings. The quantitative estimate of drug-likeness (QED) is 0.488. The van der Waals surface area contributed by atoms with Crippen LogP contribution in [-0.2, 0) is 23.0 Å². The van der Waals surface area contributed by atoms with Gasteiger partial charge >= 0.3 is 4.87 Å². The molecule has 3 aromatic carbocycles. The molecule has 0 radical (unpaired) electrons. The van der Waals surface area contributed by atoms with Gasteiger partial charge in [-0.05, 0) is 54.2 Å². The number of hydrogen-bond acceptors (Lipinski definition) is 4. The first-order chi connectivity index (χ1) is 15.0. The van der Waals surface area contributed by atoms with Crippen LogP contribution in [0.3, 0.4) is 0 Å². The second-order valence-corrected chi connectivity index (χ2v) is 10.5. The molecular formula is C24H22N2O3S2. The summed E-state index contributed by atoms with van der Waals surface area (Å²) in [6, 6.07) is 22.5. The van der Waals surface area contributed by atoms with E-state index < -0.39 is 10.0 Å². The van der Waals surface area contributed by atoms with Crippen molar-refractivity contribution in [1.29, 1.82) is 0 Å². The summed E-state index contributed by atoms with van der Waals surface area (Å²) in [6.07, 6.45) is 2.70. The van der Waals surface area contributed by atoms with Crippen molar-refractivity contribution in [3.05, 3.63) is 99.2 Å². The Balaban J connectivity index is 1.46. The first-order valence-corrected chi connectivity index (χ1v) is 12.6. The number of hydrogen-bond donors (Lipinski definition) is 1. The summed E-state index contributed by atoms with van der Waals surface area (Å²) in [6.45, 7) is 0.461. The Morgan fingerprint density at radius 2 is 1.77 bits per heavy atom. The lowest BCUT2D eigenvalue weighted by Gasteiger charge is -2.26. The van der Waals surface area contributed by atoms with Gasteiger partial charge in [0.2, 0.25) is 10.0 Å². The van der Waals surface area contributed by atoms with E-state index >= 15 is 0 Å². The van der Waals surface area contributed by atoms with Crippen LogP contribution in [-0.4, -0.2) is 13.0 Å². The molecule has 158 valence electrons. The molecule has 1 aliphatic rings. The molecule has 5 rings (SSSR count). The van der Waals surface area contributed by atoms with Gasteiger partial charge in [-0.2, -0.15) is 0 Å². The highest BCUT2D eigenvalue weighted by molar-refractivity contribution is 7.89. The Bertz CT molecular complexity index is 1410. The van der Waals surface area contributed by atoms with E-state index in [0.29, 0.717) is 11.2 Å². The number of fused-ring (bicyclic) bond motifs is 2. The van der Waals surface area contributed by atoms with Gasteiger partial charge in [-0.15, -0.1) is 0 Å². The molecular weight excluding hydrogens is 428 g/mol. The van der Waals surface area contributed by atoms with Crippen LogP contribution in [0.25, 0.3) is 10.2 Å². The highest BCUT2D eigenvalue weighted by Crippen LogP contribution is 2.31. The summed E-state index contributed by atoms with van der Waals surface area (Å²) in [5.74, 6) is 0. The molecule has 1 aromatic heterocycles. The minimum Gasteiger partial charge on any atom is -0.294 e. The van der Waals surface area contributed by atoms with Crippen LogP contribution in [0, 0.1) is 0 Å². The minimum atomic E-state index is -3.71. The predicted molar refractivity (Wildman–Crippen MR) is 124 cm³/mol. The minimum absolute atomic E-state index is 0.0948. The van der Waals surface area contributed by atoms with Gasteiger partial charge in [0, 0.05) is 6.04 Å². The molecule has 0 bridgehead atoms. The molecule has 0 aliphatic heterocycles. The molecule has 0 saturated heterocycles. The number of benzene rings is 3. The maximum Gasteiger partial charge on any atom is 0.308 e.